The third-order valence-electron chi connectivity index (χ3n) is 4.51. The van der Waals surface area contributed by atoms with Gasteiger partial charge in [-0.2, -0.15) is 0 Å². The van der Waals surface area contributed by atoms with Crippen molar-refractivity contribution >= 4 is 16.9 Å². The number of oxazole rings is 1. The predicted octanol–water partition coefficient (Wildman–Crippen LogP) is 4.50. The third-order valence-corrected chi connectivity index (χ3v) is 4.51. The number of carbonyl (C=O) groups excluding carboxylic acids is 1. The standard InChI is InChI=1S/C22H17FN2O2/c23-17-7-5-15(6-8-17)13-18(16-9-11-24-12-10-16)20(26)14-22-25-19-3-1-2-4-21(19)27-22/h1-12,18H,13-14H2. The van der Waals surface area contributed by atoms with Crippen LogP contribution in [0, 0.1) is 5.82 Å². The molecule has 0 radical (unpaired) electrons. The molecular weight excluding hydrogens is 343 g/mol. The summed E-state index contributed by atoms with van der Waals surface area (Å²) in [5, 5.41) is 0. The molecule has 0 saturated heterocycles. The Balaban J connectivity index is 1.60. The first-order valence-electron chi connectivity index (χ1n) is 8.70. The van der Waals surface area contributed by atoms with Crippen LogP contribution in [0.5, 0.6) is 0 Å². The molecule has 1 unspecified atom stereocenters. The fourth-order valence-corrected chi connectivity index (χ4v) is 3.14. The maximum absolute atomic E-state index is 13.2. The van der Waals surface area contributed by atoms with Crippen LogP contribution in [-0.2, 0) is 17.6 Å². The van der Waals surface area contributed by atoms with Gasteiger partial charge in [0.1, 0.15) is 17.1 Å². The molecule has 5 heteroatoms. The van der Waals surface area contributed by atoms with E-state index in [1.165, 1.54) is 12.1 Å². The first-order valence-corrected chi connectivity index (χ1v) is 8.70. The average molecular weight is 360 g/mol. The molecule has 0 aliphatic rings. The number of halogens is 1. The van der Waals surface area contributed by atoms with Crippen LogP contribution in [0.1, 0.15) is 22.9 Å². The van der Waals surface area contributed by atoms with E-state index in [-0.39, 0.29) is 23.9 Å². The highest BCUT2D eigenvalue weighted by Crippen LogP contribution is 2.24. The van der Waals surface area contributed by atoms with Crippen LogP contribution < -0.4 is 0 Å². The van der Waals surface area contributed by atoms with Crippen molar-refractivity contribution in [3.05, 3.63) is 95.9 Å². The van der Waals surface area contributed by atoms with Gasteiger partial charge in [0, 0.05) is 18.3 Å². The highest BCUT2D eigenvalue weighted by Gasteiger charge is 2.23. The van der Waals surface area contributed by atoms with Gasteiger partial charge in [0.15, 0.2) is 5.58 Å². The molecule has 0 fully saturated rings. The van der Waals surface area contributed by atoms with Crippen molar-refractivity contribution in [2.24, 2.45) is 0 Å². The van der Waals surface area contributed by atoms with Crippen molar-refractivity contribution in [3.8, 4) is 0 Å². The van der Waals surface area contributed by atoms with E-state index in [0.717, 1.165) is 16.6 Å². The van der Waals surface area contributed by atoms with Crippen LogP contribution in [0.3, 0.4) is 0 Å². The first-order chi connectivity index (χ1) is 13.2. The second kappa shape index (κ2) is 7.50. The summed E-state index contributed by atoms with van der Waals surface area (Å²) in [7, 11) is 0. The normalized spacial score (nSPS) is 12.2. The Morgan fingerprint density at radius 3 is 2.48 bits per heavy atom. The van der Waals surface area contributed by atoms with E-state index in [2.05, 4.69) is 9.97 Å². The van der Waals surface area contributed by atoms with Gasteiger partial charge in [0.2, 0.25) is 5.89 Å². The van der Waals surface area contributed by atoms with Crippen molar-refractivity contribution in [2.75, 3.05) is 0 Å². The molecule has 0 aliphatic heterocycles. The zero-order valence-electron chi connectivity index (χ0n) is 14.5. The lowest BCUT2D eigenvalue weighted by Crippen LogP contribution is -2.18. The minimum absolute atomic E-state index is 0.00270. The molecule has 2 aromatic carbocycles. The summed E-state index contributed by atoms with van der Waals surface area (Å²) < 4.78 is 18.9. The van der Waals surface area contributed by atoms with E-state index < -0.39 is 0 Å². The fraction of sp³-hybridized carbons (Fsp3) is 0.136. The van der Waals surface area contributed by atoms with Crippen LogP contribution >= 0.6 is 0 Å². The topological polar surface area (TPSA) is 56.0 Å². The Labute approximate surface area is 155 Å². The number of ketones is 1. The molecule has 0 N–H and O–H groups in total. The van der Waals surface area contributed by atoms with Crippen LogP contribution in [0.2, 0.25) is 0 Å². The van der Waals surface area contributed by atoms with Crippen molar-refractivity contribution in [2.45, 2.75) is 18.8 Å². The Kier molecular flexibility index (Phi) is 4.75. The number of aromatic nitrogens is 2. The van der Waals surface area contributed by atoms with E-state index >= 15 is 0 Å². The predicted molar refractivity (Wildman–Crippen MR) is 99.8 cm³/mol. The summed E-state index contributed by atoms with van der Waals surface area (Å²) in [6.45, 7) is 0. The van der Waals surface area contributed by atoms with E-state index in [9.17, 15) is 9.18 Å². The second-order valence-corrected chi connectivity index (χ2v) is 6.38. The summed E-state index contributed by atoms with van der Waals surface area (Å²) in [5.41, 5.74) is 3.16. The minimum atomic E-state index is -0.381. The maximum atomic E-state index is 13.2. The molecular formula is C22H17FN2O2. The molecule has 0 bridgehead atoms. The van der Waals surface area contributed by atoms with Crippen molar-refractivity contribution in [1.82, 2.24) is 9.97 Å². The molecule has 134 valence electrons. The van der Waals surface area contributed by atoms with E-state index in [4.69, 9.17) is 4.42 Å². The van der Waals surface area contributed by atoms with Crippen LogP contribution in [0.15, 0.2) is 77.5 Å². The molecule has 0 aliphatic carbocycles. The number of nitrogens with zero attached hydrogens (tertiary/aromatic N) is 2. The zero-order chi connectivity index (χ0) is 18.6. The Morgan fingerprint density at radius 1 is 1.00 bits per heavy atom. The summed E-state index contributed by atoms with van der Waals surface area (Å²) in [6.07, 6.45) is 3.91. The van der Waals surface area contributed by atoms with Gasteiger partial charge in [0.05, 0.1) is 6.42 Å². The number of pyridine rings is 1. The third kappa shape index (κ3) is 3.92. The van der Waals surface area contributed by atoms with Crippen molar-refractivity contribution < 1.29 is 13.6 Å². The molecule has 4 aromatic rings. The summed E-state index contributed by atoms with van der Waals surface area (Å²) in [4.78, 5) is 21.5. The van der Waals surface area contributed by atoms with Gasteiger partial charge in [-0.05, 0) is 53.9 Å². The smallest absolute Gasteiger partial charge is 0.202 e. The highest BCUT2D eigenvalue weighted by molar-refractivity contribution is 5.87. The lowest BCUT2D eigenvalue weighted by Gasteiger charge is -2.15. The first kappa shape index (κ1) is 17.1. The lowest BCUT2D eigenvalue weighted by atomic mass is 9.87. The number of carbonyl (C=O) groups is 1. The van der Waals surface area contributed by atoms with E-state index in [0.29, 0.717) is 17.9 Å². The van der Waals surface area contributed by atoms with Gasteiger partial charge in [-0.25, -0.2) is 9.37 Å². The summed E-state index contributed by atoms with van der Waals surface area (Å²) >= 11 is 0. The Hall–Kier alpha value is -3.34. The molecule has 4 rings (SSSR count). The minimum Gasteiger partial charge on any atom is -0.440 e. The largest absolute Gasteiger partial charge is 0.440 e. The van der Waals surface area contributed by atoms with Gasteiger partial charge in [-0.15, -0.1) is 0 Å². The highest BCUT2D eigenvalue weighted by atomic mass is 19.1. The number of benzene rings is 2. The van der Waals surface area contributed by atoms with Crippen LogP contribution in [0.4, 0.5) is 4.39 Å². The zero-order valence-corrected chi connectivity index (χ0v) is 14.5. The molecule has 4 nitrogen and oxygen atoms in total. The van der Waals surface area contributed by atoms with Crippen LogP contribution in [-0.4, -0.2) is 15.8 Å². The Morgan fingerprint density at radius 2 is 1.74 bits per heavy atom. The number of rotatable bonds is 6. The quantitative estimate of drug-likeness (QED) is 0.508. The number of hydrogen-bond acceptors (Lipinski definition) is 4. The number of fused-ring (bicyclic) bond motifs is 1. The maximum Gasteiger partial charge on any atom is 0.202 e. The van der Waals surface area contributed by atoms with E-state index in [1.807, 2.05) is 36.4 Å². The SMILES string of the molecule is O=C(Cc1nc2ccccc2o1)C(Cc1ccc(F)cc1)c1ccncc1. The molecule has 2 heterocycles. The van der Waals surface area contributed by atoms with Gasteiger partial charge < -0.3 is 4.42 Å². The van der Waals surface area contributed by atoms with Gasteiger partial charge in [-0.1, -0.05) is 24.3 Å². The summed E-state index contributed by atoms with van der Waals surface area (Å²) in [5.74, 6) is -0.276. The van der Waals surface area contributed by atoms with Gasteiger partial charge >= 0.3 is 0 Å². The molecule has 0 saturated carbocycles. The molecule has 1 atom stereocenters. The lowest BCUT2D eigenvalue weighted by molar-refractivity contribution is -0.120. The summed E-state index contributed by atoms with van der Waals surface area (Å²) in [6, 6.07) is 17.3. The fourth-order valence-electron chi connectivity index (χ4n) is 3.14. The van der Waals surface area contributed by atoms with Gasteiger partial charge in [0.25, 0.3) is 0 Å². The molecule has 0 spiro atoms. The van der Waals surface area contributed by atoms with Crippen molar-refractivity contribution in [3.63, 3.8) is 0 Å². The van der Waals surface area contributed by atoms with Crippen molar-refractivity contribution in [1.29, 1.82) is 0 Å². The number of para-hydroxylation sites is 2. The average Bonchev–Trinajstić information content (AvgIpc) is 3.10. The molecule has 27 heavy (non-hydrogen) atoms. The van der Waals surface area contributed by atoms with E-state index in [1.54, 1.807) is 24.5 Å². The Bertz CT molecular complexity index is 1030. The van der Waals surface area contributed by atoms with Gasteiger partial charge in [-0.3, -0.25) is 9.78 Å². The monoisotopic (exact) mass is 360 g/mol. The van der Waals surface area contributed by atoms with Crippen LogP contribution in [0.25, 0.3) is 11.1 Å². The number of Topliss-reactive ketones (excluding diaryl/α,β-unsaturated/α-hetero) is 1. The number of hydrogen-bond donors (Lipinski definition) is 0. The second-order valence-electron chi connectivity index (χ2n) is 6.38. The molecule has 0 amide bonds. The molecule has 2 aromatic heterocycles.